The Kier molecular flexibility index (Phi) is 9.19. The minimum Gasteiger partial charge on any atom is -0.454 e. The van der Waals surface area contributed by atoms with Crippen LogP contribution < -0.4 is 16.0 Å². The standard InChI is InChI=1S/C19H29N3O4/c1-5-14(6-2)20-16(23)12-26-18(24)17(13(3)4)22-19(25)21-15-10-8-7-9-11-15/h7-11,13-14,17H,5-6,12H2,1-4H3,(H,20,23)(H2,21,22,25)/t17-/m0/s1. The summed E-state index contributed by atoms with van der Waals surface area (Å²) in [6.45, 7) is 7.17. The predicted molar refractivity (Wildman–Crippen MR) is 101 cm³/mol. The molecule has 0 heterocycles. The molecule has 7 heteroatoms. The monoisotopic (exact) mass is 363 g/mol. The van der Waals surface area contributed by atoms with E-state index in [1.54, 1.807) is 38.1 Å². The molecule has 0 spiro atoms. The number of carbonyl (C=O) groups is 3. The Morgan fingerprint density at radius 3 is 2.15 bits per heavy atom. The van der Waals surface area contributed by atoms with Crippen LogP contribution in [0.25, 0.3) is 0 Å². The second-order valence-corrected chi connectivity index (χ2v) is 6.37. The Bertz CT molecular complexity index is 586. The van der Waals surface area contributed by atoms with Crippen molar-refractivity contribution < 1.29 is 19.1 Å². The quantitative estimate of drug-likeness (QED) is 0.588. The highest BCUT2D eigenvalue weighted by Gasteiger charge is 2.26. The number of rotatable bonds is 9. The van der Waals surface area contributed by atoms with Crippen LogP contribution in [-0.2, 0) is 14.3 Å². The zero-order valence-electron chi connectivity index (χ0n) is 15.9. The summed E-state index contributed by atoms with van der Waals surface area (Å²) in [5, 5.41) is 8.04. The minimum atomic E-state index is -0.848. The van der Waals surface area contributed by atoms with Crippen LogP contribution >= 0.6 is 0 Å². The first-order chi connectivity index (χ1) is 12.4. The van der Waals surface area contributed by atoms with Crippen molar-refractivity contribution in [3.63, 3.8) is 0 Å². The molecule has 0 aliphatic heterocycles. The largest absolute Gasteiger partial charge is 0.454 e. The number of anilines is 1. The number of hydrogen-bond donors (Lipinski definition) is 3. The number of nitrogens with one attached hydrogen (secondary N) is 3. The number of esters is 1. The summed E-state index contributed by atoms with van der Waals surface area (Å²) < 4.78 is 5.07. The van der Waals surface area contributed by atoms with E-state index < -0.39 is 18.0 Å². The Labute approximate surface area is 154 Å². The van der Waals surface area contributed by atoms with Gasteiger partial charge in [0.15, 0.2) is 6.61 Å². The van der Waals surface area contributed by atoms with E-state index in [9.17, 15) is 14.4 Å². The second-order valence-electron chi connectivity index (χ2n) is 6.37. The third-order valence-corrected chi connectivity index (χ3v) is 3.94. The minimum absolute atomic E-state index is 0.0665. The first-order valence-electron chi connectivity index (χ1n) is 8.95. The van der Waals surface area contributed by atoms with Gasteiger partial charge in [0.05, 0.1) is 0 Å². The van der Waals surface area contributed by atoms with Crippen LogP contribution in [0.2, 0.25) is 0 Å². The van der Waals surface area contributed by atoms with Crippen LogP contribution in [0.1, 0.15) is 40.5 Å². The lowest BCUT2D eigenvalue weighted by atomic mass is 10.1. The Hall–Kier alpha value is -2.57. The van der Waals surface area contributed by atoms with Crippen molar-refractivity contribution >= 4 is 23.6 Å². The van der Waals surface area contributed by atoms with Gasteiger partial charge in [0.1, 0.15) is 6.04 Å². The molecule has 1 rings (SSSR count). The van der Waals surface area contributed by atoms with E-state index in [-0.39, 0.29) is 24.5 Å². The van der Waals surface area contributed by atoms with Gasteiger partial charge in [-0.2, -0.15) is 0 Å². The number of urea groups is 1. The molecule has 1 aromatic rings. The SMILES string of the molecule is CCC(CC)NC(=O)COC(=O)[C@@H](NC(=O)Nc1ccccc1)C(C)C. The fourth-order valence-electron chi connectivity index (χ4n) is 2.32. The molecular formula is C19H29N3O4. The van der Waals surface area contributed by atoms with Crippen LogP contribution in [0.4, 0.5) is 10.5 Å². The maximum absolute atomic E-state index is 12.3. The Balaban J connectivity index is 2.53. The summed E-state index contributed by atoms with van der Waals surface area (Å²) in [6.07, 6.45) is 1.62. The Morgan fingerprint density at radius 1 is 1.00 bits per heavy atom. The molecule has 1 aromatic carbocycles. The van der Waals surface area contributed by atoms with Gasteiger partial charge in [-0.25, -0.2) is 9.59 Å². The van der Waals surface area contributed by atoms with Crippen LogP contribution in [0.5, 0.6) is 0 Å². The first-order valence-corrected chi connectivity index (χ1v) is 8.95. The van der Waals surface area contributed by atoms with Gasteiger partial charge in [0.25, 0.3) is 5.91 Å². The molecule has 0 aliphatic carbocycles. The smallest absolute Gasteiger partial charge is 0.329 e. The molecule has 7 nitrogen and oxygen atoms in total. The molecule has 0 saturated carbocycles. The molecule has 0 fully saturated rings. The van der Waals surface area contributed by atoms with Crippen molar-refractivity contribution in [3.05, 3.63) is 30.3 Å². The Morgan fingerprint density at radius 2 is 1.62 bits per heavy atom. The number of amides is 3. The molecule has 0 aliphatic rings. The number of para-hydroxylation sites is 1. The number of carbonyl (C=O) groups excluding carboxylic acids is 3. The number of benzene rings is 1. The van der Waals surface area contributed by atoms with Crippen LogP contribution in [0.15, 0.2) is 30.3 Å². The maximum atomic E-state index is 12.3. The van der Waals surface area contributed by atoms with E-state index in [1.165, 1.54) is 0 Å². The molecule has 144 valence electrons. The van der Waals surface area contributed by atoms with Crippen LogP contribution in [0, 0.1) is 5.92 Å². The van der Waals surface area contributed by atoms with E-state index in [0.717, 1.165) is 12.8 Å². The van der Waals surface area contributed by atoms with Crippen molar-refractivity contribution in [2.75, 3.05) is 11.9 Å². The predicted octanol–water partition coefficient (Wildman–Crippen LogP) is 2.68. The van der Waals surface area contributed by atoms with Gasteiger partial charge >= 0.3 is 12.0 Å². The summed E-state index contributed by atoms with van der Waals surface area (Å²) in [7, 11) is 0. The fraction of sp³-hybridized carbons (Fsp3) is 0.526. The topological polar surface area (TPSA) is 96.5 Å². The molecule has 0 bridgehead atoms. The zero-order valence-corrected chi connectivity index (χ0v) is 15.9. The van der Waals surface area contributed by atoms with Gasteiger partial charge in [-0.15, -0.1) is 0 Å². The summed E-state index contributed by atoms with van der Waals surface area (Å²) in [6, 6.07) is 7.62. The molecular weight excluding hydrogens is 334 g/mol. The summed E-state index contributed by atoms with van der Waals surface area (Å²) in [5.74, 6) is -1.17. The lowest BCUT2D eigenvalue weighted by molar-refractivity contribution is -0.151. The highest BCUT2D eigenvalue weighted by atomic mass is 16.5. The van der Waals surface area contributed by atoms with Gasteiger partial charge in [0, 0.05) is 11.7 Å². The third kappa shape index (κ3) is 7.55. The molecule has 1 atom stereocenters. The highest BCUT2D eigenvalue weighted by Crippen LogP contribution is 2.07. The van der Waals surface area contributed by atoms with E-state index in [4.69, 9.17) is 4.74 Å². The number of ether oxygens (including phenoxy) is 1. The van der Waals surface area contributed by atoms with Crippen molar-refractivity contribution in [2.45, 2.75) is 52.6 Å². The van der Waals surface area contributed by atoms with E-state index >= 15 is 0 Å². The normalized spacial score (nSPS) is 11.8. The maximum Gasteiger partial charge on any atom is 0.329 e. The van der Waals surface area contributed by atoms with Gasteiger partial charge in [-0.1, -0.05) is 45.9 Å². The summed E-state index contributed by atoms with van der Waals surface area (Å²) in [4.78, 5) is 36.2. The summed E-state index contributed by atoms with van der Waals surface area (Å²) in [5.41, 5.74) is 0.616. The molecule has 26 heavy (non-hydrogen) atoms. The third-order valence-electron chi connectivity index (χ3n) is 3.94. The molecule has 3 N–H and O–H groups in total. The van der Waals surface area contributed by atoms with Crippen molar-refractivity contribution in [3.8, 4) is 0 Å². The van der Waals surface area contributed by atoms with Gasteiger partial charge in [0.2, 0.25) is 0 Å². The van der Waals surface area contributed by atoms with Crippen molar-refractivity contribution in [1.29, 1.82) is 0 Å². The fourth-order valence-corrected chi connectivity index (χ4v) is 2.32. The highest BCUT2D eigenvalue weighted by molar-refractivity contribution is 5.93. The lowest BCUT2D eigenvalue weighted by Gasteiger charge is -2.21. The average Bonchev–Trinajstić information content (AvgIpc) is 2.62. The first kappa shape index (κ1) is 21.5. The van der Waals surface area contributed by atoms with Crippen molar-refractivity contribution in [2.24, 2.45) is 5.92 Å². The molecule has 0 radical (unpaired) electrons. The van der Waals surface area contributed by atoms with Crippen LogP contribution in [0.3, 0.4) is 0 Å². The van der Waals surface area contributed by atoms with Crippen molar-refractivity contribution in [1.82, 2.24) is 10.6 Å². The molecule has 0 saturated heterocycles. The molecule has 3 amide bonds. The van der Waals surface area contributed by atoms with E-state index in [2.05, 4.69) is 16.0 Å². The van der Waals surface area contributed by atoms with Gasteiger partial charge in [-0.05, 0) is 30.9 Å². The number of hydrogen-bond acceptors (Lipinski definition) is 4. The lowest BCUT2D eigenvalue weighted by Crippen LogP contribution is -2.48. The van der Waals surface area contributed by atoms with Gasteiger partial charge in [-0.3, -0.25) is 4.79 Å². The van der Waals surface area contributed by atoms with Crippen LogP contribution in [-0.4, -0.2) is 36.6 Å². The van der Waals surface area contributed by atoms with E-state index in [0.29, 0.717) is 5.69 Å². The zero-order chi connectivity index (χ0) is 19.5. The average molecular weight is 363 g/mol. The summed E-state index contributed by atoms with van der Waals surface area (Å²) >= 11 is 0. The molecule has 0 unspecified atom stereocenters. The van der Waals surface area contributed by atoms with E-state index in [1.807, 2.05) is 19.9 Å². The second kappa shape index (κ2) is 11.1. The van der Waals surface area contributed by atoms with Gasteiger partial charge < -0.3 is 20.7 Å². The molecule has 0 aromatic heterocycles.